The van der Waals surface area contributed by atoms with Crippen molar-refractivity contribution in [3.8, 4) is 5.75 Å². The van der Waals surface area contributed by atoms with Crippen molar-refractivity contribution < 1.29 is 18.4 Å². The summed E-state index contributed by atoms with van der Waals surface area (Å²) in [7, 11) is -3.61. The van der Waals surface area contributed by atoms with Gasteiger partial charge < -0.3 is 5.11 Å². The molecule has 0 fully saturated rings. The molecule has 0 atom stereocenters. The monoisotopic (exact) mass is 427 g/mol. The van der Waals surface area contributed by atoms with Crippen molar-refractivity contribution in [3.63, 3.8) is 0 Å². The van der Waals surface area contributed by atoms with Crippen LogP contribution in [0.25, 0.3) is 0 Å². The van der Waals surface area contributed by atoms with Crippen LogP contribution in [-0.4, -0.2) is 47.0 Å². The van der Waals surface area contributed by atoms with Crippen molar-refractivity contribution in [1.29, 1.82) is 0 Å². The van der Waals surface area contributed by atoms with E-state index in [4.69, 9.17) is 11.6 Å². The van der Waals surface area contributed by atoms with Crippen LogP contribution in [0.5, 0.6) is 5.75 Å². The zero-order valence-corrected chi connectivity index (χ0v) is 16.6. The fourth-order valence-corrected chi connectivity index (χ4v) is 3.95. The van der Waals surface area contributed by atoms with Crippen LogP contribution in [0.15, 0.2) is 40.5 Å². The number of phenolic OH excluding ortho intramolecular Hbond substituents is 1. The van der Waals surface area contributed by atoms with Gasteiger partial charge in [0.25, 0.3) is 0 Å². The van der Waals surface area contributed by atoms with Gasteiger partial charge in [0.1, 0.15) is 10.7 Å². The molecule has 0 spiro atoms. The number of hydrogen-bond donors (Lipinski definition) is 2. The van der Waals surface area contributed by atoms with Crippen molar-refractivity contribution in [2.45, 2.75) is 18.7 Å². The summed E-state index contributed by atoms with van der Waals surface area (Å²) in [6.45, 7) is 4.18. The van der Waals surface area contributed by atoms with E-state index in [9.17, 15) is 23.6 Å². The lowest BCUT2D eigenvalue weighted by molar-refractivity contribution is -0.385. The number of pyridine rings is 1. The number of anilines is 1. The number of aromatic hydroxyl groups is 1. The Labute approximate surface area is 166 Å². The molecule has 150 valence electrons. The molecule has 0 radical (unpaired) electrons. The summed E-state index contributed by atoms with van der Waals surface area (Å²) in [5.41, 5.74) is 2.04. The fourth-order valence-electron chi connectivity index (χ4n) is 2.32. The number of nitro groups is 1. The molecule has 0 aliphatic rings. The highest BCUT2D eigenvalue weighted by atomic mass is 35.5. The van der Waals surface area contributed by atoms with Crippen LogP contribution in [0, 0.1) is 10.1 Å². The Hall–Kier alpha value is -2.76. The molecule has 0 aliphatic heterocycles. The highest BCUT2D eigenvalue weighted by Crippen LogP contribution is 2.32. The number of sulfonamides is 1. The maximum atomic E-state index is 12.4. The van der Waals surface area contributed by atoms with Gasteiger partial charge in [-0.15, -0.1) is 0 Å². The first-order valence-corrected chi connectivity index (χ1v) is 9.94. The number of phenols is 1. The Balaban J connectivity index is 2.17. The summed E-state index contributed by atoms with van der Waals surface area (Å²) < 4.78 is 26.1. The summed E-state index contributed by atoms with van der Waals surface area (Å²) in [5.74, 6) is -0.334. The predicted octanol–water partition coefficient (Wildman–Crippen LogP) is 2.83. The lowest BCUT2D eigenvalue weighted by Gasteiger charge is -2.18. The number of nitrogens with one attached hydrogen (secondary N) is 1. The molecule has 2 aromatic rings. The van der Waals surface area contributed by atoms with Gasteiger partial charge in [0.05, 0.1) is 11.1 Å². The van der Waals surface area contributed by atoms with E-state index in [0.717, 1.165) is 12.3 Å². The van der Waals surface area contributed by atoms with Crippen LogP contribution >= 0.6 is 11.6 Å². The standard InChI is InChI=1S/C16H18ClN5O5S/c1-3-21(4-2)28(26,27)13-5-6-15(18-10-13)20-19-9-11-7-12(17)8-14(16(11)23)22(24)25/h5-10,23H,3-4H2,1-2H3,(H,18,20)/b19-9+. The third kappa shape index (κ3) is 4.74. The van der Waals surface area contributed by atoms with Crippen molar-refractivity contribution in [2.24, 2.45) is 5.10 Å². The van der Waals surface area contributed by atoms with Crippen molar-refractivity contribution in [1.82, 2.24) is 9.29 Å². The molecule has 0 bridgehead atoms. The molecule has 0 amide bonds. The molecule has 0 saturated carbocycles. The van der Waals surface area contributed by atoms with Gasteiger partial charge in [-0.3, -0.25) is 15.5 Å². The van der Waals surface area contributed by atoms with Gasteiger partial charge in [-0.1, -0.05) is 25.4 Å². The van der Waals surface area contributed by atoms with E-state index in [1.807, 2.05) is 0 Å². The second-order valence-electron chi connectivity index (χ2n) is 5.46. The molecule has 0 unspecified atom stereocenters. The number of hydrazone groups is 1. The van der Waals surface area contributed by atoms with Crippen LogP contribution in [0.1, 0.15) is 19.4 Å². The molecule has 1 aromatic carbocycles. The van der Waals surface area contributed by atoms with Gasteiger partial charge >= 0.3 is 5.69 Å². The van der Waals surface area contributed by atoms with Gasteiger partial charge in [0.2, 0.25) is 15.8 Å². The van der Waals surface area contributed by atoms with E-state index < -0.39 is 26.4 Å². The van der Waals surface area contributed by atoms with Crippen molar-refractivity contribution in [2.75, 3.05) is 18.5 Å². The summed E-state index contributed by atoms with van der Waals surface area (Å²) in [6, 6.07) is 5.15. The third-order valence-corrected chi connectivity index (χ3v) is 5.99. The molecule has 1 heterocycles. The summed E-state index contributed by atoms with van der Waals surface area (Å²) in [5, 5.41) is 24.7. The lowest BCUT2D eigenvalue weighted by Crippen LogP contribution is -2.30. The predicted molar refractivity (Wildman–Crippen MR) is 105 cm³/mol. The maximum absolute atomic E-state index is 12.4. The first-order valence-electron chi connectivity index (χ1n) is 8.12. The molecule has 0 aliphatic carbocycles. The third-order valence-electron chi connectivity index (χ3n) is 3.74. The number of aromatic nitrogens is 1. The highest BCUT2D eigenvalue weighted by molar-refractivity contribution is 7.89. The molecule has 28 heavy (non-hydrogen) atoms. The normalized spacial score (nSPS) is 11.9. The first-order chi connectivity index (χ1) is 13.2. The van der Waals surface area contributed by atoms with Crippen LogP contribution in [0.3, 0.4) is 0 Å². The molecule has 2 rings (SSSR count). The Morgan fingerprint density at radius 2 is 2.04 bits per heavy atom. The number of halogens is 1. The quantitative estimate of drug-likeness (QED) is 0.375. The van der Waals surface area contributed by atoms with E-state index >= 15 is 0 Å². The van der Waals surface area contributed by atoms with Gasteiger partial charge in [-0.2, -0.15) is 9.41 Å². The number of benzene rings is 1. The van der Waals surface area contributed by atoms with Gasteiger partial charge in [0, 0.05) is 35.9 Å². The van der Waals surface area contributed by atoms with Gasteiger partial charge in [0.15, 0.2) is 0 Å². The average Bonchev–Trinajstić information content (AvgIpc) is 2.65. The molecule has 2 N–H and O–H groups in total. The summed E-state index contributed by atoms with van der Waals surface area (Å²) in [6.07, 6.45) is 2.34. The Kier molecular flexibility index (Phi) is 6.89. The van der Waals surface area contributed by atoms with Crippen LogP contribution in [-0.2, 0) is 10.0 Å². The van der Waals surface area contributed by atoms with Crippen LogP contribution < -0.4 is 5.43 Å². The average molecular weight is 428 g/mol. The van der Waals surface area contributed by atoms with E-state index in [1.54, 1.807) is 13.8 Å². The highest BCUT2D eigenvalue weighted by Gasteiger charge is 2.21. The second kappa shape index (κ2) is 8.95. The number of nitro benzene ring substituents is 1. The minimum absolute atomic E-state index is 0.0347. The second-order valence-corrected chi connectivity index (χ2v) is 7.83. The first kappa shape index (κ1) is 21.5. The zero-order valence-electron chi connectivity index (χ0n) is 15.0. The lowest BCUT2D eigenvalue weighted by atomic mass is 10.2. The smallest absolute Gasteiger partial charge is 0.312 e. The van der Waals surface area contributed by atoms with Crippen LogP contribution in [0.2, 0.25) is 5.02 Å². The number of rotatable bonds is 8. The fraction of sp³-hybridized carbons (Fsp3) is 0.250. The topological polar surface area (TPSA) is 138 Å². The van der Waals surface area contributed by atoms with Gasteiger partial charge in [-0.05, 0) is 18.2 Å². The minimum Gasteiger partial charge on any atom is -0.502 e. The van der Waals surface area contributed by atoms with Crippen molar-refractivity contribution in [3.05, 3.63) is 51.2 Å². The Morgan fingerprint density at radius 1 is 1.36 bits per heavy atom. The molecular weight excluding hydrogens is 410 g/mol. The molecule has 1 aromatic heterocycles. The number of nitrogens with zero attached hydrogens (tertiary/aromatic N) is 4. The molecule has 12 heteroatoms. The van der Waals surface area contributed by atoms with E-state index in [1.165, 1.54) is 28.7 Å². The van der Waals surface area contributed by atoms with E-state index in [2.05, 4.69) is 15.5 Å². The minimum atomic E-state index is -3.61. The van der Waals surface area contributed by atoms with Crippen molar-refractivity contribution >= 4 is 39.3 Å². The maximum Gasteiger partial charge on any atom is 0.312 e. The molecule has 0 saturated heterocycles. The summed E-state index contributed by atoms with van der Waals surface area (Å²) in [4.78, 5) is 14.2. The summed E-state index contributed by atoms with van der Waals surface area (Å²) >= 11 is 5.80. The Morgan fingerprint density at radius 3 is 2.57 bits per heavy atom. The number of hydrogen-bond acceptors (Lipinski definition) is 8. The largest absolute Gasteiger partial charge is 0.502 e. The molecular formula is C16H18ClN5O5S. The van der Waals surface area contributed by atoms with E-state index in [0.29, 0.717) is 13.1 Å². The Bertz CT molecular complexity index is 991. The molecule has 10 nitrogen and oxygen atoms in total. The van der Waals surface area contributed by atoms with Crippen LogP contribution in [0.4, 0.5) is 11.5 Å². The van der Waals surface area contributed by atoms with E-state index in [-0.39, 0.29) is 21.3 Å². The van der Waals surface area contributed by atoms with Gasteiger partial charge in [-0.25, -0.2) is 13.4 Å². The zero-order chi connectivity index (χ0) is 20.9. The SMILES string of the molecule is CCN(CC)S(=O)(=O)c1ccc(N/N=C/c2cc(Cl)cc([N+](=O)[O-])c2O)nc1.